The van der Waals surface area contributed by atoms with Crippen molar-refractivity contribution in [2.45, 2.75) is 77.0 Å². The van der Waals surface area contributed by atoms with Crippen LogP contribution in [0.15, 0.2) is 72.8 Å². The van der Waals surface area contributed by atoms with E-state index in [4.69, 9.17) is 4.74 Å². The molecular weight excluding hydrogens is 593 g/mol. The highest BCUT2D eigenvalue weighted by atomic mass is 19.3. The summed E-state index contributed by atoms with van der Waals surface area (Å²) in [5, 5.41) is 0. The van der Waals surface area contributed by atoms with Crippen molar-refractivity contribution >= 4 is 0 Å². The predicted octanol–water partition coefficient (Wildman–Crippen LogP) is 12.0. The van der Waals surface area contributed by atoms with Crippen molar-refractivity contribution in [3.05, 3.63) is 113 Å². The molecule has 0 saturated heterocycles. The third-order valence-electron chi connectivity index (χ3n) is 8.80. The van der Waals surface area contributed by atoms with Crippen LogP contribution in [0.5, 0.6) is 5.75 Å². The molecule has 0 aliphatic heterocycles. The summed E-state index contributed by atoms with van der Waals surface area (Å²) in [6.45, 7) is 1.18. The summed E-state index contributed by atoms with van der Waals surface area (Å²) in [5.41, 5.74) is 0.00941. The number of hydrogen-bond acceptors (Lipinski definition) is 1. The fourth-order valence-corrected chi connectivity index (χ4v) is 6.24. The first kappa shape index (κ1) is 32.6. The number of ether oxygens (including phenoxy) is 1. The molecule has 8 heteroatoms. The summed E-state index contributed by atoms with van der Waals surface area (Å²) >= 11 is 0. The Bertz CT molecular complexity index is 1590. The number of rotatable bonds is 11. The highest BCUT2D eigenvalue weighted by Gasteiger charge is 2.41. The zero-order valence-corrected chi connectivity index (χ0v) is 25.0. The minimum atomic E-state index is -4.29. The van der Waals surface area contributed by atoms with Gasteiger partial charge in [-0.05, 0) is 96.2 Å². The third kappa shape index (κ3) is 7.54. The van der Waals surface area contributed by atoms with Crippen molar-refractivity contribution < 1.29 is 35.5 Å². The second-order valence-corrected chi connectivity index (χ2v) is 11.9. The molecule has 4 aromatic rings. The maximum Gasteiger partial charge on any atom is 0.432 e. The van der Waals surface area contributed by atoms with Gasteiger partial charge in [-0.15, -0.1) is 0 Å². The summed E-state index contributed by atoms with van der Waals surface area (Å²) < 4.78 is 107. The topological polar surface area (TPSA) is 9.23 Å². The summed E-state index contributed by atoms with van der Waals surface area (Å²) in [4.78, 5) is 0. The highest BCUT2D eigenvalue weighted by molar-refractivity contribution is 5.71. The van der Waals surface area contributed by atoms with Crippen LogP contribution in [0.2, 0.25) is 0 Å². The van der Waals surface area contributed by atoms with Gasteiger partial charge in [-0.3, -0.25) is 0 Å². The molecule has 0 aromatic heterocycles. The Morgan fingerprint density at radius 2 is 1.31 bits per heavy atom. The average molecular weight is 629 g/mol. The van der Waals surface area contributed by atoms with E-state index in [1.165, 1.54) is 61.4 Å². The van der Waals surface area contributed by atoms with Crippen LogP contribution >= 0.6 is 0 Å². The molecular formula is C37H35F7O. The largest absolute Gasteiger partial charge is 0.432 e. The van der Waals surface area contributed by atoms with Crippen molar-refractivity contribution in [3.8, 4) is 28.0 Å². The Kier molecular flexibility index (Phi) is 10.2. The van der Waals surface area contributed by atoms with Gasteiger partial charge in [0.1, 0.15) is 41.3 Å². The Morgan fingerprint density at radius 1 is 0.689 bits per heavy atom. The van der Waals surface area contributed by atoms with Crippen LogP contribution in [0.25, 0.3) is 22.3 Å². The second-order valence-electron chi connectivity index (χ2n) is 11.9. The van der Waals surface area contributed by atoms with E-state index in [9.17, 15) is 13.2 Å². The fraction of sp³-hybridized carbons (Fsp3) is 0.351. The number of alkyl halides is 3. The van der Waals surface area contributed by atoms with Crippen LogP contribution in [-0.2, 0) is 12.8 Å². The first-order valence-electron chi connectivity index (χ1n) is 15.4. The Balaban J connectivity index is 1.26. The Hall–Kier alpha value is -3.81. The van der Waals surface area contributed by atoms with Gasteiger partial charge in [-0.25, -0.2) is 22.0 Å². The van der Waals surface area contributed by atoms with Gasteiger partial charge in [-0.1, -0.05) is 69.0 Å². The van der Waals surface area contributed by atoms with Gasteiger partial charge in [0.25, 0.3) is 0 Å². The van der Waals surface area contributed by atoms with Crippen LogP contribution in [0.4, 0.5) is 30.7 Å². The van der Waals surface area contributed by atoms with Crippen molar-refractivity contribution in [1.29, 1.82) is 0 Å². The maximum atomic E-state index is 15.1. The van der Waals surface area contributed by atoms with Gasteiger partial charge in [0.15, 0.2) is 0 Å². The molecule has 0 amide bonds. The first-order chi connectivity index (χ1) is 21.6. The molecule has 0 unspecified atom stereocenters. The van der Waals surface area contributed by atoms with Gasteiger partial charge >= 0.3 is 6.11 Å². The smallest absolute Gasteiger partial charge is 0.429 e. The van der Waals surface area contributed by atoms with Crippen LogP contribution in [-0.4, -0.2) is 0 Å². The molecule has 0 heterocycles. The molecule has 1 saturated carbocycles. The summed E-state index contributed by atoms with van der Waals surface area (Å²) in [6.07, 6.45) is 3.85. The lowest BCUT2D eigenvalue weighted by Gasteiger charge is -2.29. The molecule has 0 N–H and O–H groups in total. The molecule has 238 valence electrons. The van der Waals surface area contributed by atoms with Gasteiger partial charge in [0.05, 0.1) is 0 Å². The Labute approximate surface area is 259 Å². The van der Waals surface area contributed by atoms with E-state index in [0.29, 0.717) is 22.6 Å². The van der Waals surface area contributed by atoms with Crippen LogP contribution < -0.4 is 4.74 Å². The fourth-order valence-electron chi connectivity index (χ4n) is 6.24. The zero-order chi connectivity index (χ0) is 32.1. The summed E-state index contributed by atoms with van der Waals surface area (Å²) in [5.74, 6) is -3.97. The number of hydrogen-bond donors (Lipinski definition) is 0. The van der Waals surface area contributed by atoms with Crippen molar-refractivity contribution in [1.82, 2.24) is 0 Å². The molecule has 1 aliphatic carbocycles. The van der Waals surface area contributed by atoms with E-state index in [0.717, 1.165) is 56.7 Å². The minimum absolute atomic E-state index is 0.0745. The standard InChI is InChI=1S/C37H35F7O/c1-2-3-4-5-23-6-8-25(9-7-23)29-20-34(41)36(35(42)21-29)37(43,44)45-30-15-12-24(13-16-30)26-14-17-31(33(40)18-26)27-10-11-28(22-38)32(39)19-27/h10-21,23,25H,2-9,22H2,1H3. The molecule has 5 rings (SSSR count). The van der Waals surface area contributed by atoms with Crippen LogP contribution in [0.1, 0.15) is 80.9 Å². The van der Waals surface area contributed by atoms with Gasteiger partial charge in [0.2, 0.25) is 0 Å². The average Bonchev–Trinajstić information content (AvgIpc) is 3.01. The molecule has 45 heavy (non-hydrogen) atoms. The van der Waals surface area contributed by atoms with Crippen molar-refractivity contribution in [3.63, 3.8) is 0 Å². The Morgan fingerprint density at radius 3 is 1.91 bits per heavy atom. The molecule has 0 radical (unpaired) electrons. The maximum absolute atomic E-state index is 15.1. The third-order valence-corrected chi connectivity index (χ3v) is 8.80. The molecule has 1 aliphatic rings. The molecule has 4 aromatic carbocycles. The van der Waals surface area contributed by atoms with E-state index in [1.807, 2.05) is 0 Å². The number of halogens is 7. The van der Waals surface area contributed by atoms with Crippen LogP contribution in [0.3, 0.4) is 0 Å². The highest BCUT2D eigenvalue weighted by Crippen LogP contribution is 2.41. The lowest BCUT2D eigenvalue weighted by molar-refractivity contribution is -0.189. The van der Waals surface area contributed by atoms with Crippen molar-refractivity contribution in [2.75, 3.05) is 0 Å². The molecule has 1 fully saturated rings. The van der Waals surface area contributed by atoms with E-state index in [-0.39, 0.29) is 28.4 Å². The SMILES string of the molecule is CCCCCC1CCC(c2cc(F)c(C(F)(F)Oc3ccc(-c4ccc(-c5ccc(CF)c(F)c5)c(F)c4)cc3)c(F)c2)CC1. The quantitative estimate of drug-likeness (QED) is 0.119. The van der Waals surface area contributed by atoms with E-state index in [2.05, 4.69) is 6.92 Å². The molecule has 1 nitrogen and oxygen atoms in total. The van der Waals surface area contributed by atoms with E-state index < -0.39 is 41.6 Å². The normalized spacial score (nSPS) is 17.0. The van der Waals surface area contributed by atoms with Gasteiger partial charge in [0, 0.05) is 11.1 Å². The first-order valence-corrected chi connectivity index (χ1v) is 15.4. The second kappa shape index (κ2) is 14.1. The van der Waals surface area contributed by atoms with Crippen molar-refractivity contribution in [2.24, 2.45) is 5.92 Å². The number of benzene rings is 4. The minimum Gasteiger partial charge on any atom is -0.429 e. The summed E-state index contributed by atoms with van der Waals surface area (Å²) in [6, 6.07) is 15.1. The molecule has 0 bridgehead atoms. The van der Waals surface area contributed by atoms with Gasteiger partial charge < -0.3 is 4.74 Å². The van der Waals surface area contributed by atoms with Crippen LogP contribution in [0, 0.1) is 29.2 Å². The zero-order valence-electron chi connectivity index (χ0n) is 25.0. The lowest BCUT2D eigenvalue weighted by atomic mass is 9.77. The molecule has 0 spiro atoms. The van der Waals surface area contributed by atoms with E-state index >= 15 is 17.6 Å². The lowest BCUT2D eigenvalue weighted by Crippen LogP contribution is -2.25. The monoisotopic (exact) mass is 628 g/mol. The van der Waals surface area contributed by atoms with Gasteiger partial charge in [-0.2, -0.15) is 8.78 Å². The summed E-state index contributed by atoms with van der Waals surface area (Å²) in [7, 11) is 0. The van der Waals surface area contributed by atoms with E-state index in [1.54, 1.807) is 6.07 Å². The molecule has 0 atom stereocenters. The number of unbranched alkanes of at least 4 members (excludes halogenated alkanes) is 2. The predicted molar refractivity (Wildman–Crippen MR) is 162 cm³/mol.